The third kappa shape index (κ3) is 6.13. The van der Waals surface area contributed by atoms with Gasteiger partial charge in [-0.1, -0.05) is 23.2 Å². The molecule has 6 heteroatoms. The Morgan fingerprint density at radius 2 is 1.11 bits per heavy atom. The average Bonchev–Trinajstić information content (AvgIpc) is 2.71. The monoisotopic (exact) mass is 420 g/mol. The highest BCUT2D eigenvalue weighted by atomic mass is 35.5. The molecule has 4 nitrogen and oxygen atoms in total. The zero-order valence-corrected chi connectivity index (χ0v) is 17.4. The van der Waals surface area contributed by atoms with Crippen LogP contribution in [0.1, 0.15) is 25.7 Å². The molecule has 2 aromatic carbocycles. The van der Waals surface area contributed by atoms with E-state index in [0.29, 0.717) is 18.6 Å². The highest BCUT2D eigenvalue weighted by Crippen LogP contribution is 2.22. The van der Waals surface area contributed by atoms with Crippen molar-refractivity contribution >= 4 is 40.4 Å². The van der Waals surface area contributed by atoms with E-state index in [4.69, 9.17) is 23.2 Å². The molecule has 0 radical (unpaired) electrons. The van der Waals surface area contributed by atoms with Crippen molar-refractivity contribution in [1.82, 2.24) is 0 Å². The molecule has 4 rings (SSSR count). The molecule has 0 aliphatic carbocycles. The zero-order chi connectivity index (χ0) is 19.9. The van der Waals surface area contributed by atoms with E-state index in [1.54, 1.807) is 0 Å². The fraction of sp³-hybridized carbons (Fsp3) is 0.409. The van der Waals surface area contributed by atoms with Crippen LogP contribution in [0.15, 0.2) is 48.5 Å². The summed E-state index contributed by atoms with van der Waals surface area (Å²) >= 11 is 11.6. The van der Waals surface area contributed by atoms with Gasteiger partial charge in [-0.25, -0.2) is 0 Å². The van der Waals surface area contributed by atoms with Crippen LogP contribution in [0.4, 0.5) is 11.4 Å². The van der Waals surface area contributed by atoms with Gasteiger partial charge in [0.05, 0.1) is 6.10 Å². The van der Waals surface area contributed by atoms with Crippen LogP contribution in [-0.4, -0.2) is 43.2 Å². The lowest BCUT2D eigenvalue weighted by Gasteiger charge is -2.31. The molecule has 0 saturated carbocycles. The molecule has 2 aromatic rings. The Balaban J connectivity index is 0.000000161. The van der Waals surface area contributed by atoms with Crippen LogP contribution in [0.25, 0.3) is 0 Å². The molecule has 2 saturated heterocycles. The lowest BCUT2D eigenvalue weighted by molar-refractivity contribution is -0.119. The molecule has 2 aliphatic heterocycles. The Labute approximate surface area is 176 Å². The second-order valence-electron chi connectivity index (χ2n) is 7.20. The number of ketones is 1. The third-order valence-corrected chi connectivity index (χ3v) is 5.67. The van der Waals surface area contributed by atoms with Crippen LogP contribution >= 0.6 is 23.2 Å². The van der Waals surface area contributed by atoms with Gasteiger partial charge in [0, 0.05) is 60.4 Å². The van der Waals surface area contributed by atoms with Crippen molar-refractivity contribution in [2.24, 2.45) is 0 Å². The van der Waals surface area contributed by atoms with Crippen molar-refractivity contribution in [3.63, 3.8) is 0 Å². The van der Waals surface area contributed by atoms with Crippen molar-refractivity contribution in [2.45, 2.75) is 31.8 Å². The van der Waals surface area contributed by atoms with Gasteiger partial charge >= 0.3 is 0 Å². The average molecular weight is 421 g/mol. The van der Waals surface area contributed by atoms with Gasteiger partial charge in [0.1, 0.15) is 5.78 Å². The van der Waals surface area contributed by atoms with E-state index < -0.39 is 0 Å². The molecular formula is C22H26Cl2N2O2. The topological polar surface area (TPSA) is 43.8 Å². The summed E-state index contributed by atoms with van der Waals surface area (Å²) in [6.07, 6.45) is 2.95. The first-order chi connectivity index (χ1) is 13.5. The van der Waals surface area contributed by atoms with Crippen LogP contribution in [0, 0.1) is 0 Å². The molecular weight excluding hydrogens is 395 g/mol. The van der Waals surface area contributed by atoms with Gasteiger partial charge < -0.3 is 14.9 Å². The van der Waals surface area contributed by atoms with Gasteiger partial charge in [-0.3, -0.25) is 4.79 Å². The number of hydrogen-bond donors (Lipinski definition) is 1. The van der Waals surface area contributed by atoms with E-state index in [2.05, 4.69) is 9.80 Å². The van der Waals surface area contributed by atoms with Gasteiger partial charge in [-0.15, -0.1) is 0 Å². The van der Waals surface area contributed by atoms with Crippen LogP contribution in [-0.2, 0) is 4.79 Å². The minimum atomic E-state index is -0.112. The van der Waals surface area contributed by atoms with Crippen molar-refractivity contribution in [3.8, 4) is 0 Å². The Kier molecular flexibility index (Phi) is 7.60. The summed E-state index contributed by atoms with van der Waals surface area (Å²) in [5.74, 6) is 0.371. The van der Waals surface area contributed by atoms with E-state index >= 15 is 0 Å². The molecule has 150 valence electrons. The molecule has 2 fully saturated rings. The highest BCUT2D eigenvalue weighted by molar-refractivity contribution is 6.30. The van der Waals surface area contributed by atoms with E-state index in [9.17, 15) is 9.90 Å². The first-order valence-electron chi connectivity index (χ1n) is 9.72. The first-order valence-corrected chi connectivity index (χ1v) is 10.5. The maximum atomic E-state index is 11.0. The summed E-state index contributed by atoms with van der Waals surface area (Å²) in [4.78, 5) is 15.5. The van der Waals surface area contributed by atoms with Gasteiger partial charge in [0.2, 0.25) is 0 Å². The minimum absolute atomic E-state index is 0.112. The Morgan fingerprint density at radius 1 is 0.714 bits per heavy atom. The second-order valence-corrected chi connectivity index (χ2v) is 8.07. The molecule has 0 unspecified atom stereocenters. The van der Waals surface area contributed by atoms with E-state index in [1.807, 2.05) is 48.5 Å². The van der Waals surface area contributed by atoms with Gasteiger partial charge in [-0.2, -0.15) is 0 Å². The fourth-order valence-corrected chi connectivity index (χ4v) is 3.69. The molecule has 0 atom stereocenters. The molecule has 2 heterocycles. The van der Waals surface area contributed by atoms with Gasteiger partial charge in [-0.05, 0) is 61.4 Å². The highest BCUT2D eigenvalue weighted by Gasteiger charge is 2.17. The number of benzene rings is 2. The number of hydrogen-bond acceptors (Lipinski definition) is 4. The van der Waals surface area contributed by atoms with Crippen LogP contribution in [0.5, 0.6) is 0 Å². The zero-order valence-electron chi connectivity index (χ0n) is 15.9. The Hall–Kier alpha value is -1.75. The SMILES string of the molecule is O=C1CCN(c2ccc(Cl)cc2)CC1.OC1CCN(c2ccc(Cl)cc2)CC1. The van der Waals surface area contributed by atoms with E-state index in [0.717, 1.165) is 54.8 Å². The summed E-state index contributed by atoms with van der Waals surface area (Å²) in [6.45, 7) is 3.53. The number of carbonyl (C=O) groups is 1. The predicted molar refractivity (Wildman–Crippen MR) is 117 cm³/mol. The number of piperidine rings is 2. The molecule has 28 heavy (non-hydrogen) atoms. The lowest BCUT2D eigenvalue weighted by Crippen LogP contribution is -2.35. The largest absolute Gasteiger partial charge is 0.393 e. The number of anilines is 2. The number of carbonyl (C=O) groups excluding carboxylic acids is 1. The number of rotatable bonds is 2. The standard InChI is InChI=1S/C11H14ClNO.C11H12ClNO/c2*12-9-1-3-10(4-2-9)13-7-5-11(14)6-8-13/h1-4,11,14H,5-8H2;1-4H,5-8H2. The summed E-state index contributed by atoms with van der Waals surface area (Å²) < 4.78 is 0. The molecule has 0 spiro atoms. The summed E-state index contributed by atoms with van der Waals surface area (Å²) in [7, 11) is 0. The summed E-state index contributed by atoms with van der Waals surface area (Å²) in [5.41, 5.74) is 2.35. The van der Waals surface area contributed by atoms with E-state index in [-0.39, 0.29) is 6.10 Å². The fourth-order valence-electron chi connectivity index (χ4n) is 3.44. The Morgan fingerprint density at radius 3 is 1.54 bits per heavy atom. The number of aliphatic hydroxyl groups excluding tert-OH is 1. The Bertz CT molecular complexity index is 747. The van der Waals surface area contributed by atoms with Crippen LogP contribution in [0.3, 0.4) is 0 Å². The van der Waals surface area contributed by atoms with Crippen LogP contribution in [0.2, 0.25) is 10.0 Å². The maximum absolute atomic E-state index is 11.0. The molecule has 0 bridgehead atoms. The van der Waals surface area contributed by atoms with Crippen molar-refractivity contribution in [1.29, 1.82) is 0 Å². The lowest BCUT2D eigenvalue weighted by atomic mass is 10.1. The number of Topliss-reactive ketones (excluding diaryl/α,β-unsaturated/α-hetero) is 1. The van der Waals surface area contributed by atoms with Gasteiger partial charge in [0.25, 0.3) is 0 Å². The molecule has 0 amide bonds. The van der Waals surface area contributed by atoms with E-state index in [1.165, 1.54) is 5.69 Å². The summed E-state index contributed by atoms with van der Waals surface area (Å²) in [6, 6.07) is 15.6. The third-order valence-electron chi connectivity index (χ3n) is 5.17. The molecule has 1 N–H and O–H groups in total. The maximum Gasteiger partial charge on any atom is 0.136 e. The predicted octanol–water partition coefficient (Wildman–Crippen LogP) is 4.81. The van der Waals surface area contributed by atoms with Crippen molar-refractivity contribution in [2.75, 3.05) is 36.0 Å². The summed E-state index contributed by atoms with van der Waals surface area (Å²) in [5, 5.41) is 10.9. The quantitative estimate of drug-likeness (QED) is 0.756. The molecule has 0 aromatic heterocycles. The normalized spacial score (nSPS) is 17.9. The number of nitrogens with zero attached hydrogens (tertiary/aromatic N) is 2. The first kappa shape index (κ1) is 21.0. The smallest absolute Gasteiger partial charge is 0.136 e. The molecule has 2 aliphatic rings. The van der Waals surface area contributed by atoms with Crippen LogP contribution < -0.4 is 9.80 Å². The number of aliphatic hydroxyl groups is 1. The van der Waals surface area contributed by atoms with Crippen molar-refractivity contribution in [3.05, 3.63) is 58.6 Å². The van der Waals surface area contributed by atoms with Crippen molar-refractivity contribution < 1.29 is 9.90 Å². The number of halogens is 2. The van der Waals surface area contributed by atoms with Gasteiger partial charge in [0.15, 0.2) is 0 Å². The minimum Gasteiger partial charge on any atom is -0.393 e. The second kappa shape index (κ2) is 10.1.